The highest BCUT2D eigenvalue weighted by Gasteiger charge is 2.24. The van der Waals surface area contributed by atoms with E-state index in [2.05, 4.69) is 27.2 Å². The summed E-state index contributed by atoms with van der Waals surface area (Å²) >= 11 is 8.14. The van der Waals surface area contributed by atoms with Gasteiger partial charge in [-0.25, -0.2) is 14.8 Å². The van der Waals surface area contributed by atoms with Crippen molar-refractivity contribution in [3.8, 4) is 11.1 Å². The van der Waals surface area contributed by atoms with Gasteiger partial charge in [0.2, 0.25) is 0 Å². The molecule has 2 aromatic carbocycles. The number of aromatic amines is 1. The van der Waals surface area contributed by atoms with Crippen molar-refractivity contribution in [3.05, 3.63) is 76.5 Å². The molecule has 8 heteroatoms. The predicted molar refractivity (Wildman–Crippen MR) is 134 cm³/mol. The van der Waals surface area contributed by atoms with Crippen LogP contribution in [0.3, 0.4) is 0 Å². The van der Waals surface area contributed by atoms with Crippen molar-refractivity contribution < 1.29 is 9.90 Å². The molecule has 0 amide bonds. The molecule has 0 unspecified atom stereocenters. The number of aliphatic carboxylic acids is 1. The number of anilines is 1. The standard InChI is InChI=1S/C25H21ClN4O2S/c1-2-19-21(15-9-6-10-17-20(15)16(26)12-27-17)22-23(28-13-29-24(22)33-19)30-18(25(31)32)11-14-7-4-3-5-8-14/h3-10,12-13,18,27H,2,11H2,1H3,(H,31,32)(H,28,29,30)/t18-/m1/s1. The van der Waals surface area contributed by atoms with Crippen molar-refractivity contribution in [1.29, 1.82) is 0 Å². The molecule has 5 rings (SSSR count). The molecule has 33 heavy (non-hydrogen) atoms. The molecule has 3 N–H and O–H groups in total. The summed E-state index contributed by atoms with van der Waals surface area (Å²) in [5.41, 5.74) is 3.86. The quantitative estimate of drug-likeness (QED) is 0.261. The number of carboxylic acid groups (broad SMARTS) is 1. The van der Waals surface area contributed by atoms with Crippen LogP contribution in [0.4, 0.5) is 5.82 Å². The number of fused-ring (bicyclic) bond motifs is 2. The number of aromatic nitrogens is 3. The average Bonchev–Trinajstić information content (AvgIpc) is 3.40. The van der Waals surface area contributed by atoms with Crippen LogP contribution in [0.15, 0.2) is 61.1 Å². The van der Waals surface area contributed by atoms with E-state index >= 15 is 0 Å². The van der Waals surface area contributed by atoms with E-state index in [1.54, 1.807) is 17.5 Å². The smallest absolute Gasteiger partial charge is 0.326 e. The zero-order chi connectivity index (χ0) is 22.9. The summed E-state index contributed by atoms with van der Waals surface area (Å²) in [5.74, 6) is -0.424. The summed E-state index contributed by atoms with van der Waals surface area (Å²) in [5, 5.41) is 15.5. The Morgan fingerprint density at radius 3 is 2.73 bits per heavy atom. The van der Waals surface area contributed by atoms with Crippen LogP contribution in [0.2, 0.25) is 5.02 Å². The normalized spacial score (nSPS) is 12.3. The van der Waals surface area contributed by atoms with E-state index in [0.717, 1.165) is 49.1 Å². The third kappa shape index (κ3) is 3.94. The molecule has 0 radical (unpaired) electrons. The summed E-state index contributed by atoms with van der Waals surface area (Å²) in [6.45, 7) is 2.10. The van der Waals surface area contributed by atoms with Gasteiger partial charge in [0.25, 0.3) is 0 Å². The Morgan fingerprint density at radius 2 is 1.97 bits per heavy atom. The summed E-state index contributed by atoms with van der Waals surface area (Å²) in [6, 6.07) is 14.7. The number of halogens is 1. The molecule has 166 valence electrons. The number of carbonyl (C=O) groups is 1. The molecular formula is C25H21ClN4O2S. The zero-order valence-corrected chi connectivity index (χ0v) is 19.4. The van der Waals surface area contributed by atoms with Gasteiger partial charge in [0.05, 0.1) is 10.4 Å². The maximum atomic E-state index is 12.1. The number of thiophene rings is 1. The molecule has 6 nitrogen and oxygen atoms in total. The molecule has 0 aliphatic carbocycles. The van der Waals surface area contributed by atoms with Gasteiger partial charge in [-0.1, -0.05) is 61.0 Å². The third-order valence-electron chi connectivity index (χ3n) is 5.70. The first-order valence-corrected chi connectivity index (χ1v) is 11.8. The van der Waals surface area contributed by atoms with Crippen molar-refractivity contribution >= 4 is 55.8 Å². The van der Waals surface area contributed by atoms with Gasteiger partial charge in [0.15, 0.2) is 0 Å². The van der Waals surface area contributed by atoms with Gasteiger partial charge in [-0.3, -0.25) is 0 Å². The highest BCUT2D eigenvalue weighted by atomic mass is 35.5. The Balaban J connectivity index is 1.67. The summed E-state index contributed by atoms with van der Waals surface area (Å²) in [7, 11) is 0. The number of aryl methyl sites for hydroxylation is 1. The molecular weight excluding hydrogens is 456 g/mol. The van der Waals surface area contributed by atoms with Crippen LogP contribution in [0.1, 0.15) is 17.4 Å². The molecule has 0 aliphatic heterocycles. The second-order valence-electron chi connectivity index (χ2n) is 7.75. The number of nitrogens with zero attached hydrogens (tertiary/aromatic N) is 2. The SMILES string of the molecule is CCc1sc2ncnc(N[C@H](Cc3ccccc3)C(=O)O)c2c1-c1cccc2[nH]cc(Cl)c12. The molecule has 0 bridgehead atoms. The van der Waals surface area contributed by atoms with Crippen LogP contribution in [0.5, 0.6) is 0 Å². The molecule has 3 heterocycles. The van der Waals surface area contributed by atoms with Gasteiger partial charge in [0, 0.05) is 34.0 Å². The number of hydrogen-bond donors (Lipinski definition) is 3. The van der Waals surface area contributed by atoms with Crippen molar-refractivity contribution in [2.45, 2.75) is 25.8 Å². The van der Waals surface area contributed by atoms with Crippen LogP contribution >= 0.6 is 22.9 Å². The lowest BCUT2D eigenvalue weighted by Gasteiger charge is -2.17. The van der Waals surface area contributed by atoms with Crippen molar-refractivity contribution in [1.82, 2.24) is 15.0 Å². The number of rotatable bonds is 7. The maximum Gasteiger partial charge on any atom is 0.326 e. The first-order chi connectivity index (χ1) is 16.1. The lowest BCUT2D eigenvalue weighted by atomic mass is 9.98. The zero-order valence-electron chi connectivity index (χ0n) is 17.8. The van der Waals surface area contributed by atoms with E-state index in [4.69, 9.17) is 11.6 Å². The van der Waals surface area contributed by atoms with E-state index in [1.807, 2.05) is 48.5 Å². The lowest BCUT2D eigenvalue weighted by Crippen LogP contribution is -2.32. The van der Waals surface area contributed by atoms with E-state index in [1.165, 1.54) is 6.33 Å². The Morgan fingerprint density at radius 1 is 1.15 bits per heavy atom. The average molecular weight is 477 g/mol. The molecule has 5 aromatic rings. The first-order valence-electron chi connectivity index (χ1n) is 10.6. The van der Waals surface area contributed by atoms with Crippen LogP contribution in [0.25, 0.3) is 32.2 Å². The minimum atomic E-state index is -0.936. The Hall–Kier alpha value is -3.42. The number of nitrogens with one attached hydrogen (secondary N) is 2. The third-order valence-corrected chi connectivity index (χ3v) is 7.24. The number of H-pyrrole nitrogens is 1. The van der Waals surface area contributed by atoms with Crippen LogP contribution in [-0.4, -0.2) is 32.1 Å². The fourth-order valence-corrected chi connectivity index (χ4v) is 5.54. The van der Waals surface area contributed by atoms with Crippen molar-refractivity contribution in [2.24, 2.45) is 0 Å². The first kappa shape index (κ1) is 21.4. The Labute approximate surface area is 199 Å². The van der Waals surface area contributed by atoms with Crippen LogP contribution in [-0.2, 0) is 17.6 Å². The number of carboxylic acids is 1. The Bertz CT molecular complexity index is 1460. The second kappa shape index (κ2) is 8.84. The summed E-state index contributed by atoms with van der Waals surface area (Å²) in [4.78, 5) is 26.3. The van der Waals surface area contributed by atoms with Gasteiger partial charge < -0.3 is 15.4 Å². The molecule has 0 aliphatic rings. The van der Waals surface area contributed by atoms with Gasteiger partial charge >= 0.3 is 5.97 Å². The molecule has 3 aromatic heterocycles. The number of hydrogen-bond acceptors (Lipinski definition) is 5. The van der Waals surface area contributed by atoms with Gasteiger partial charge in [-0.15, -0.1) is 11.3 Å². The summed E-state index contributed by atoms with van der Waals surface area (Å²) in [6.07, 6.45) is 4.41. The minimum Gasteiger partial charge on any atom is -0.480 e. The highest BCUT2D eigenvalue weighted by Crippen LogP contribution is 2.45. The molecule has 0 saturated carbocycles. The van der Waals surface area contributed by atoms with E-state index in [0.29, 0.717) is 17.3 Å². The molecule has 0 saturated heterocycles. The van der Waals surface area contributed by atoms with E-state index < -0.39 is 12.0 Å². The van der Waals surface area contributed by atoms with Gasteiger partial charge in [-0.2, -0.15) is 0 Å². The fourth-order valence-electron chi connectivity index (χ4n) is 4.19. The maximum absolute atomic E-state index is 12.1. The van der Waals surface area contributed by atoms with Crippen LogP contribution < -0.4 is 5.32 Å². The highest BCUT2D eigenvalue weighted by molar-refractivity contribution is 7.19. The van der Waals surface area contributed by atoms with E-state index in [9.17, 15) is 9.90 Å². The lowest BCUT2D eigenvalue weighted by molar-refractivity contribution is -0.137. The van der Waals surface area contributed by atoms with Gasteiger partial charge in [0.1, 0.15) is 23.0 Å². The van der Waals surface area contributed by atoms with Gasteiger partial charge in [-0.05, 0) is 23.6 Å². The predicted octanol–water partition coefficient (Wildman–Crippen LogP) is 6.16. The molecule has 0 fully saturated rings. The second-order valence-corrected chi connectivity index (χ2v) is 9.24. The topological polar surface area (TPSA) is 90.9 Å². The van der Waals surface area contributed by atoms with Crippen molar-refractivity contribution in [2.75, 3.05) is 5.32 Å². The summed E-state index contributed by atoms with van der Waals surface area (Å²) < 4.78 is 0. The number of benzene rings is 2. The largest absolute Gasteiger partial charge is 0.480 e. The van der Waals surface area contributed by atoms with E-state index in [-0.39, 0.29) is 0 Å². The Kier molecular flexibility index (Phi) is 5.74. The molecule has 1 atom stereocenters. The monoisotopic (exact) mass is 476 g/mol. The van der Waals surface area contributed by atoms with Crippen LogP contribution in [0, 0.1) is 0 Å². The minimum absolute atomic E-state index is 0.334. The van der Waals surface area contributed by atoms with Crippen molar-refractivity contribution in [3.63, 3.8) is 0 Å². The molecule has 0 spiro atoms. The fraction of sp³-hybridized carbons (Fsp3) is 0.160.